The number of hydrogen-bond donors (Lipinski definition) is 0. The number of nitrogens with zero attached hydrogens (tertiary/aromatic N) is 2. The topological polar surface area (TPSA) is 49.9 Å². The lowest BCUT2D eigenvalue weighted by Crippen LogP contribution is -2.42. The first-order valence-electron chi connectivity index (χ1n) is 11.7. The number of ether oxygens (including phenoxy) is 1. The van der Waals surface area contributed by atoms with Gasteiger partial charge in [0.1, 0.15) is 0 Å². The van der Waals surface area contributed by atoms with Crippen LogP contribution in [0.1, 0.15) is 61.2 Å². The Morgan fingerprint density at radius 1 is 1.10 bits per heavy atom. The first-order valence-corrected chi connectivity index (χ1v) is 12.5. The van der Waals surface area contributed by atoms with Gasteiger partial charge < -0.3 is 14.5 Å². The molecule has 0 spiro atoms. The lowest BCUT2D eigenvalue weighted by atomic mass is 9.97. The molecule has 1 atom stereocenters. The van der Waals surface area contributed by atoms with E-state index < -0.39 is 0 Å². The number of benzene rings is 1. The van der Waals surface area contributed by atoms with Crippen molar-refractivity contribution in [2.24, 2.45) is 5.92 Å². The Hall–Kier alpha value is -1.92. The summed E-state index contributed by atoms with van der Waals surface area (Å²) >= 11 is 1.60. The molecular weight excluding hydrogens is 408 g/mol. The highest BCUT2D eigenvalue weighted by molar-refractivity contribution is 7.21. The lowest BCUT2D eigenvalue weighted by Gasteiger charge is -2.31. The van der Waals surface area contributed by atoms with Crippen LogP contribution in [0.25, 0.3) is 10.1 Å². The van der Waals surface area contributed by atoms with E-state index in [2.05, 4.69) is 36.9 Å². The van der Waals surface area contributed by atoms with Gasteiger partial charge >= 0.3 is 0 Å². The molecule has 1 aromatic carbocycles. The summed E-state index contributed by atoms with van der Waals surface area (Å²) in [6.07, 6.45) is 5.76. The Morgan fingerprint density at radius 2 is 1.87 bits per heavy atom. The van der Waals surface area contributed by atoms with Crippen LogP contribution in [0.4, 0.5) is 0 Å². The Labute approximate surface area is 189 Å². The predicted molar refractivity (Wildman–Crippen MR) is 126 cm³/mol. The van der Waals surface area contributed by atoms with E-state index in [4.69, 9.17) is 4.74 Å². The highest BCUT2D eigenvalue weighted by Crippen LogP contribution is 2.35. The first-order chi connectivity index (χ1) is 15.0. The zero-order valence-electron chi connectivity index (χ0n) is 18.8. The van der Waals surface area contributed by atoms with Crippen LogP contribution < -0.4 is 0 Å². The van der Waals surface area contributed by atoms with Crippen molar-refractivity contribution in [3.63, 3.8) is 0 Å². The fraction of sp³-hybridized carbons (Fsp3) is 0.600. The molecule has 0 bridgehead atoms. The number of carbonyl (C=O) groups excluding carboxylic acids is 2. The summed E-state index contributed by atoms with van der Waals surface area (Å²) in [5.41, 5.74) is 1.13. The fourth-order valence-corrected chi connectivity index (χ4v) is 6.00. The van der Waals surface area contributed by atoms with Crippen LogP contribution in [0.15, 0.2) is 24.3 Å². The SMILES string of the molecule is CC(C)CC(=O)N1CCCCC[C@H]1Cc1c(C(=O)N2CCOCC2)sc2ccccc12. The number of fused-ring (bicyclic) bond motifs is 1. The summed E-state index contributed by atoms with van der Waals surface area (Å²) in [5, 5.41) is 1.17. The molecule has 1 aromatic heterocycles. The molecule has 2 saturated heterocycles. The van der Waals surface area contributed by atoms with E-state index in [0.717, 1.165) is 47.4 Å². The summed E-state index contributed by atoms with van der Waals surface area (Å²) in [6.45, 7) is 7.56. The molecule has 4 rings (SSSR count). The van der Waals surface area contributed by atoms with Crippen molar-refractivity contribution in [3.05, 3.63) is 34.7 Å². The Bertz CT molecular complexity index is 917. The summed E-state index contributed by atoms with van der Waals surface area (Å²) in [6, 6.07) is 8.50. The van der Waals surface area contributed by atoms with Crippen LogP contribution in [-0.4, -0.2) is 60.5 Å². The minimum absolute atomic E-state index is 0.119. The molecule has 31 heavy (non-hydrogen) atoms. The van der Waals surface area contributed by atoms with Crippen LogP contribution in [0.2, 0.25) is 0 Å². The van der Waals surface area contributed by atoms with E-state index in [-0.39, 0.29) is 17.9 Å². The lowest BCUT2D eigenvalue weighted by molar-refractivity contribution is -0.134. The number of amides is 2. The molecule has 5 nitrogen and oxygen atoms in total. The van der Waals surface area contributed by atoms with E-state index in [1.54, 1.807) is 11.3 Å². The Kier molecular flexibility index (Phi) is 7.28. The highest BCUT2D eigenvalue weighted by atomic mass is 32.1. The summed E-state index contributed by atoms with van der Waals surface area (Å²) in [7, 11) is 0. The third-order valence-corrected chi connectivity index (χ3v) is 7.61. The van der Waals surface area contributed by atoms with Crippen LogP contribution >= 0.6 is 11.3 Å². The van der Waals surface area contributed by atoms with Crippen LogP contribution in [-0.2, 0) is 16.0 Å². The minimum atomic E-state index is 0.119. The van der Waals surface area contributed by atoms with Crippen molar-refractivity contribution >= 4 is 33.2 Å². The van der Waals surface area contributed by atoms with Gasteiger partial charge in [-0.15, -0.1) is 11.3 Å². The summed E-state index contributed by atoms with van der Waals surface area (Å²) < 4.78 is 6.60. The number of rotatable bonds is 5. The molecule has 168 valence electrons. The monoisotopic (exact) mass is 442 g/mol. The van der Waals surface area contributed by atoms with E-state index in [9.17, 15) is 9.59 Å². The van der Waals surface area contributed by atoms with Gasteiger partial charge in [0.2, 0.25) is 5.91 Å². The van der Waals surface area contributed by atoms with Crippen molar-refractivity contribution in [1.29, 1.82) is 0 Å². The second kappa shape index (κ2) is 10.1. The van der Waals surface area contributed by atoms with Crippen molar-refractivity contribution in [3.8, 4) is 0 Å². The van der Waals surface area contributed by atoms with E-state index in [1.165, 1.54) is 11.8 Å². The highest BCUT2D eigenvalue weighted by Gasteiger charge is 2.30. The fourth-order valence-electron chi connectivity index (χ4n) is 4.80. The van der Waals surface area contributed by atoms with Gasteiger partial charge in [0.15, 0.2) is 0 Å². The minimum Gasteiger partial charge on any atom is -0.378 e. The van der Waals surface area contributed by atoms with Gasteiger partial charge in [-0.1, -0.05) is 44.9 Å². The molecule has 0 aliphatic carbocycles. The molecular formula is C25H34N2O3S. The Morgan fingerprint density at radius 3 is 2.65 bits per heavy atom. The van der Waals surface area contributed by atoms with Gasteiger partial charge in [0.25, 0.3) is 5.91 Å². The quantitative estimate of drug-likeness (QED) is 0.672. The number of carbonyl (C=O) groups is 2. The number of hydrogen-bond acceptors (Lipinski definition) is 4. The van der Waals surface area contributed by atoms with Crippen LogP contribution in [0.3, 0.4) is 0 Å². The molecule has 0 N–H and O–H groups in total. The molecule has 3 heterocycles. The third-order valence-electron chi connectivity index (χ3n) is 6.41. The first kappa shape index (κ1) is 22.3. The van der Waals surface area contributed by atoms with Crippen LogP contribution in [0, 0.1) is 5.92 Å². The van der Waals surface area contributed by atoms with Gasteiger partial charge in [-0.3, -0.25) is 9.59 Å². The van der Waals surface area contributed by atoms with Crippen molar-refractivity contribution in [1.82, 2.24) is 9.80 Å². The second-order valence-electron chi connectivity index (χ2n) is 9.20. The van der Waals surface area contributed by atoms with Gasteiger partial charge in [0.05, 0.1) is 18.1 Å². The maximum absolute atomic E-state index is 13.5. The number of likely N-dealkylation sites (tertiary alicyclic amines) is 1. The van der Waals surface area contributed by atoms with Gasteiger partial charge in [-0.25, -0.2) is 0 Å². The second-order valence-corrected chi connectivity index (χ2v) is 10.3. The van der Waals surface area contributed by atoms with E-state index in [1.807, 2.05) is 11.0 Å². The van der Waals surface area contributed by atoms with Gasteiger partial charge in [0, 0.05) is 36.8 Å². The third kappa shape index (κ3) is 5.12. The standard InChI is InChI=1S/C25H34N2O3S/c1-18(2)16-23(28)27-11-7-3-4-8-19(27)17-21-20-9-5-6-10-22(20)31-24(21)25(29)26-12-14-30-15-13-26/h5-6,9-10,18-19H,3-4,7-8,11-17H2,1-2H3/t19-/m0/s1. The smallest absolute Gasteiger partial charge is 0.264 e. The summed E-state index contributed by atoms with van der Waals surface area (Å²) in [4.78, 5) is 31.4. The molecule has 2 amide bonds. The zero-order chi connectivity index (χ0) is 21.8. The predicted octanol–water partition coefficient (Wildman–Crippen LogP) is 4.73. The van der Waals surface area contributed by atoms with E-state index in [0.29, 0.717) is 38.6 Å². The average Bonchev–Trinajstić information content (AvgIpc) is 2.96. The van der Waals surface area contributed by atoms with Gasteiger partial charge in [-0.05, 0) is 42.2 Å². The largest absolute Gasteiger partial charge is 0.378 e. The zero-order valence-corrected chi connectivity index (χ0v) is 19.6. The summed E-state index contributed by atoms with van der Waals surface area (Å²) in [5.74, 6) is 0.743. The van der Waals surface area contributed by atoms with Crippen molar-refractivity contribution in [2.75, 3.05) is 32.8 Å². The molecule has 6 heteroatoms. The molecule has 2 aromatic rings. The maximum Gasteiger partial charge on any atom is 0.264 e. The van der Waals surface area contributed by atoms with Crippen molar-refractivity contribution < 1.29 is 14.3 Å². The number of morpholine rings is 1. The molecule has 0 radical (unpaired) electrons. The van der Waals surface area contributed by atoms with Gasteiger partial charge in [-0.2, -0.15) is 0 Å². The molecule has 2 fully saturated rings. The maximum atomic E-state index is 13.5. The molecule has 2 aliphatic rings. The number of thiophene rings is 1. The van der Waals surface area contributed by atoms with E-state index >= 15 is 0 Å². The molecule has 2 aliphatic heterocycles. The normalized spacial score (nSPS) is 20.3. The Balaban J connectivity index is 1.66. The van der Waals surface area contributed by atoms with Crippen LogP contribution in [0.5, 0.6) is 0 Å². The average molecular weight is 443 g/mol. The van der Waals surface area contributed by atoms with Crippen molar-refractivity contribution in [2.45, 2.75) is 58.4 Å². The molecule has 0 saturated carbocycles. The molecule has 0 unspecified atom stereocenters.